The molecule has 1 unspecified atom stereocenters. The Hall–Kier alpha value is -0.280. The van der Waals surface area contributed by atoms with Gasteiger partial charge in [-0.3, -0.25) is 0 Å². The van der Waals surface area contributed by atoms with Gasteiger partial charge < -0.3 is 4.74 Å². The van der Waals surface area contributed by atoms with Gasteiger partial charge in [0.25, 0.3) is 5.36 Å². The zero-order valence-corrected chi connectivity index (χ0v) is 5.11. The number of aliphatic imine (C=N–C) groups is 1. The number of cyclic esters (lactones) is 1. The summed E-state index contributed by atoms with van der Waals surface area (Å²) in [5.41, 5.74) is -0.942. The second kappa shape index (κ2) is 1.91. The van der Waals surface area contributed by atoms with Crippen LogP contribution >= 0.6 is 23.2 Å². The average Bonchev–Trinajstić information content (AvgIpc) is 1.85. The largest absolute Gasteiger partial charge is 0.394 e. The van der Waals surface area contributed by atoms with Crippen LogP contribution in [0, 0.1) is 0 Å². The molecule has 0 aromatic heterocycles. The van der Waals surface area contributed by atoms with E-state index in [2.05, 4.69) is 9.73 Å². The predicted octanol–water partition coefficient (Wildman–Crippen LogP) is 0.703. The van der Waals surface area contributed by atoms with E-state index in [1.165, 1.54) is 0 Å². The van der Waals surface area contributed by atoms with Gasteiger partial charge in [-0.25, -0.2) is 9.79 Å². The van der Waals surface area contributed by atoms with E-state index in [0.717, 1.165) is 0 Å². The first-order valence-electron chi connectivity index (χ1n) is 1.79. The first kappa shape index (κ1) is 5.85. The van der Waals surface area contributed by atoms with Crippen LogP contribution < -0.4 is 0 Å². The summed E-state index contributed by atoms with van der Waals surface area (Å²) >= 11 is 10.3. The molecule has 0 spiro atoms. The zero-order valence-electron chi connectivity index (χ0n) is 3.60. The molecule has 1 aliphatic heterocycles. The molecule has 0 fully saturated rings. The maximum Gasteiger partial charge on any atom is 0.353 e. The summed E-state index contributed by atoms with van der Waals surface area (Å²) in [6, 6.07) is 0. The van der Waals surface area contributed by atoms with Gasteiger partial charge in [-0.1, -0.05) is 11.6 Å². The fraction of sp³-hybridized carbons (Fsp3) is 0.333. The molecule has 0 saturated heterocycles. The van der Waals surface area contributed by atoms with Crippen LogP contribution in [0.4, 0.5) is 0 Å². The zero-order chi connectivity index (χ0) is 6.15. The third-order valence-corrected chi connectivity index (χ3v) is 1.04. The van der Waals surface area contributed by atoms with E-state index in [-0.39, 0.29) is 5.36 Å². The molecule has 0 radical (unpaired) electrons. The monoisotopic (exact) mass is 153 g/mol. The number of alkyl halides is 1. The summed E-state index contributed by atoms with van der Waals surface area (Å²) < 4.78 is 4.22. The number of rotatable bonds is 0. The Morgan fingerprint density at radius 3 is 2.50 bits per heavy atom. The lowest BCUT2D eigenvalue weighted by atomic mass is 10.7. The van der Waals surface area contributed by atoms with Crippen molar-refractivity contribution in [2.45, 2.75) is 5.50 Å². The molecule has 3 nitrogen and oxygen atoms in total. The molecule has 0 aromatic rings. The van der Waals surface area contributed by atoms with Crippen molar-refractivity contribution < 1.29 is 9.53 Å². The van der Waals surface area contributed by atoms with Crippen LogP contribution in [0.15, 0.2) is 4.99 Å². The number of carbonyl (C=O) groups is 1. The molecule has 0 saturated carbocycles. The van der Waals surface area contributed by atoms with Crippen LogP contribution in [0.3, 0.4) is 0 Å². The van der Waals surface area contributed by atoms with Gasteiger partial charge in [-0.05, 0) is 11.6 Å². The summed E-state index contributed by atoms with van der Waals surface area (Å²) in [7, 11) is 0. The lowest BCUT2D eigenvalue weighted by Crippen LogP contribution is -2.06. The highest BCUT2D eigenvalue weighted by Gasteiger charge is 2.24. The normalized spacial score (nSPS) is 27.5. The van der Waals surface area contributed by atoms with Crippen LogP contribution in [0.25, 0.3) is 0 Å². The van der Waals surface area contributed by atoms with Gasteiger partial charge in [0.05, 0.1) is 0 Å². The highest BCUT2D eigenvalue weighted by Crippen LogP contribution is 2.11. The first-order valence-corrected chi connectivity index (χ1v) is 2.60. The van der Waals surface area contributed by atoms with E-state index in [4.69, 9.17) is 23.2 Å². The summed E-state index contributed by atoms with van der Waals surface area (Å²) in [5, 5.41) is -0.185. The molecule has 0 amide bonds. The van der Waals surface area contributed by atoms with Crippen molar-refractivity contribution in [3.05, 3.63) is 0 Å². The van der Waals surface area contributed by atoms with Crippen molar-refractivity contribution in [1.82, 2.24) is 0 Å². The smallest absolute Gasteiger partial charge is 0.353 e. The Balaban J connectivity index is 2.69. The lowest BCUT2D eigenvalue weighted by Gasteiger charge is -1.85. The Labute approximate surface area is 55.2 Å². The average molecular weight is 154 g/mol. The minimum absolute atomic E-state index is 0.185. The predicted molar refractivity (Wildman–Crippen MR) is 29.0 cm³/mol. The highest BCUT2D eigenvalue weighted by atomic mass is 35.5. The number of hydrogen-bond acceptors (Lipinski definition) is 3. The van der Waals surface area contributed by atoms with Gasteiger partial charge in [0, 0.05) is 0 Å². The molecule has 44 valence electrons. The Morgan fingerprint density at radius 2 is 2.38 bits per heavy atom. The molecule has 8 heavy (non-hydrogen) atoms. The molecular weight excluding hydrogens is 153 g/mol. The van der Waals surface area contributed by atoms with Crippen molar-refractivity contribution in [2.24, 2.45) is 4.99 Å². The number of halogens is 2. The van der Waals surface area contributed by atoms with Crippen molar-refractivity contribution in [2.75, 3.05) is 0 Å². The van der Waals surface area contributed by atoms with Crippen molar-refractivity contribution in [1.29, 1.82) is 0 Å². The molecule has 0 aromatic carbocycles. The van der Waals surface area contributed by atoms with Crippen LogP contribution in [0.2, 0.25) is 0 Å². The number of carbonyl (C=O) groups excluding carboxylic acids is 1. The van der Waals surface area contributed by atoms with Crippen LogP contribution in [0.1, 0.15) is 0 Å². The van der Waals surface area contributed by atoms with Gasteiger partial charge in [-0.2, -0.15) is 0 Å². The molecule has 1 aliphatic rings. The number of hydrogen-bond donors (Lipinski definition) is 0. The van der Waals surface area contributed by atoms with Crippen LogP contribution in [-0.2, 0) is 9.53 Å². The van der Waals surface area contributed by atoms with Gasteiger partial charge in [0.15, 0.2) is 0 Å². The lowest BCUT2D eigenvalue weighted by molar-refractivity contribution is -0.133. The molecule has 1 rings (SSSR count). The second-order valence-electron chi connectivity index (χ2n) is 1.14. The van der Waals surface area contributed by atoms with Gasteiger partial charge >= 0.3 is 5.97 Å². The summed E-state index contributed by atoms with van der Waals surface area (Å²) in [6.07, 6.45) is 0. The minimum atomic E-state index is -0.942. The Morgan fingerprint density at radius 1 is 1.75 bits per heavy atom. The summed E-state index contributed by atoms with van der Waals surface area (Å²) in [6.45, 7) is 0. The second-order valence-corrected chi connectivity index (χ2v) is 1.88. The topological polar surface area (TPSA) is 38.7 Å². The first-order chi connectivity index (χ1) is 3.70. The number of nitrogens with zero attached hydrogens (tertiary/aromatic N) is 1. The highest BCUT2D eigenvalue weighted by molar-refractivity contribution is 6.65. The third-order valence-electron chi connectivity index (χ3n) is 0.594. The van der Waals surface area contributed by atoms with E-state index in [9.17, 15) is 4.79 Å². The molecule has 1 heterocycles. The molecule has 0 bridgehead atoms. The summed E-state index contributed by atoms with van der Waals surface area (Å²) in [5.74, 6) is -0.614. The van der Waals surface area contributed by atoms with Gasteiger partial charge in [0.1, 0.15) is 0 Å². The van der Waals surface area contributed by atoms with E-state index in [1.54, 1.807) is 0 Å². The standard InChI is InChI=1S/C3HCl2NO2/c4-1-2(7)8-3(5)6-1/h1H. The Kier molecular flexibility index (Phi) is 1.40. The van der Waals surface area contributed by atoms with Crippen LogP contribution in [-0.4, -0.2) is 16.8 Å². The maximum atomic E-state index is 10.2. The Bertz CT molecular complexity index is 155. The van der Waals surface area contributed by atoms with E-state index in [1.807, 2.05) is 0 Å². The fourth-order valence-corrected chi connectivity index (χ4v) is 0.657. The van der Waals surface area contributed by atoms with E-state index < -0.39 is 11.5 Å². The number of esters is 1. The summed E-state index contributed by atoms with van der Waals surface area (Å²) in [4.78, 5) is 13.6. The molecular formula is C3HCl2NO2. The fourth-order valence-electron chi connectivity index (χ4n) is 0.300. The SMILES string of the molecule is O=C1OC(Cl)=NC1Cl. The van der Waals surface area contributed by atoms with Gasteiger partial charge in [0.2, 0.25) is 5.50 Å². The van der Waals surface area contributed by atoms with Crippen LogP contribution in [0.5, 0.6) is 0 Å². The van der Waals surface area contributed by atoms with Crippen molar-refractivity contribution >= 4 is 34.5 Å². The quantitative estimate of drug-likeness (QED) is 0.292. The molecule has 0 N–H and O–H groups in total. The van der Waals surface area contributed by atoms with Crippen molar-refractivity contribution in [3.8, 4) is 0 Å². The van der Waals surface area contributed by atoms with Gasteiger partial charge in [-0.15, -0.1) is 0 Å². The maximum absolute atomic E-state index is 10.2. The molecule has 5 heteroatoms. The minimum Gasteiger partial charge on any atom is -0.394 e. The van der Waals surface area contributed by atoms with E-state index >= 15 is 0 Å². The molecule has 1 atom stereocenters. The molecule has 0 aliphatic carbocycles. The van der Waals surface area contributed by atoms with E-state index in [0.29, 0.717) is 0 Å². The van der Waals surface area contributed by atoms with Crippen molar-refractivity contribution in [3.63, 3.8) is 0 Å². The number of ether oxygens (including phenoxy) is 1. The third kappa shape index (κ3) is 0.928.